The van der Waals surface area contributed by atoms with Gasteiger partial charge in [0.2, 0.25) is 0 Å². The second-order valence-corrected chi connectivity index (χ2v) is 8.26. The van der Waals surface area contributed by atoms with Gasteiger partial charge in [-0.25, -0.2) is 4.79 Å². The molecule has 0 radical (unpaired) electrons. The third kappa shape index (κ3) is 7.32. The highest BCUT2D eigenvalue weighted by Crippen LogP contribution is 2.23. The zero-order valence-electron chi connectivity index (χ0n) is 14.7. The first kappa shape index (κ1) is 19.9. The number of halogens is 2. The molecule has 0 spiro atoms. The van der Waals surface area contributed by atoms with Crippen LogP contribution in [-0.4, -0.2) is 35.2 Å². The van der Waals surface area contributed by atoms with Crippen molar-refractivity contribution in [3.8, 4) is 0 Å². The van der Waals surface area contributed by atoms with E-state index in [1.165, 1.54) is 0 Å². The Bertz CT molecular complexity index is 528. The van der Waals surface area contributed by atoms with E-state index >= 15 is 0 Å². The van der Waals surface area contributed by atoms with Crippen LogP contribution in [0, 0.1) is 0 Å². The van der Waals surface area contributed by atoms with Gasteiger partial charge in [-0.05, 0) is 59.7 Å². The Labute approximate surface area is 149 Å². The number of hydrogen-bond donors (Lipinski definition) is 1. The Morgan fingerprint density at radius 2 is 1.61 bits per heavy atom. The lowest BCUT2D eigenvalue weighted by Crippen LogP contribution is -2.49. The van der Waals surface area contributed by atoms with Crippen molar-refractivity contribution in [1.82, 2.24) is 4.90 Å². The van der Waals surface area contributed by atoms with Crippen LogP contribution in [0.15, 0.2) is 18.2 Å². The molecule has 0 unspecified atom stereocenters. The molecule has 130 valence electrons. The topological polar surface area (TPSA) is 41.6 Å². The summed E-state index contributed by atoms with van der Waals surface area (Å²) < 4.78 is 5.48. The van der Waals surface area contributed by atoms with Crippen molar-refractivity contribution in [2.24, 2.45) is 0 Å². The number of carbonyl (C=O) groups excluding carboxylic acids is 1. The van der Waals surface area contributed by atoms with Gasteiger partial charge in [0.25, 0.3) is 0 Å². The highest BCUT2D eigenvalue weighted by Gasteiger charge is 2.30. The summed E-state index contributed by atoms with van der Waals surface area (Å²) in [4.78, 5) is 14.1. The second-order valence-electron chi connectivity index (χ2n) is 7.39. The summed E-state index contributed by atoms with van der Waals surface area (Å²) in [6.07, 6.45) is -0.323. The van der Waals surface area contributed by atoms with Crippen molar-refractivity contribution >= 4 is 35.0 Å². The summed E-state index contributed by atoms with van der Waals surface area (Å²) in [5.74, 6) is 0. The summed E-state index contributed by atoms with van der Waals surface area (Å²) in [5.41, 5.74) is -0.0367. The lowest BCUT2D eigenvalue weighted by atomic mass is 10.1. The van der Waals surface area contributed by atoms with Crippen molar-refractivity contribution in [3.63, 3.8) is 0 Å². The fourth-order valence-electron chi connectivity index (χ4n) is 1.99. The van der Waals surface area contributed by atoms with E-state index in [1.54, 1.807) is 23.1 Å². The van der Waals surface area contributed by atoms with E-state index in [2.05, 4.69) is 5.32 Å². The van der Waals surface area contributed by atoms with Crippen LogP contribution in [0.25, 0.3) is 0 Å². The van der Waals surface area contributed by atoms with E-state index in [4.69, 9.17) is 27.9 Å². The molecule has 6 heteroatoms. The zero-order chi connectivity index (χ0) is 17.8. The lowest BCUT2D eigenvalue weighted by Gasteiger charge is -2.37. The third-order valence-electron chi connectivity index (χ3n) is 2.95. The molecule has 23 heavy (non-hydrogen) atoms. The predicted octanol–water partition coefficient (Wildman–Crippen LogP) is 5.44. The van der Waals surface area contributed by atoms with Gasteiger partial charge in [0.1, 0.15) is 5.60 Å². The highest BCUT2D eigenvalue weighted by molar-refractivity contribution is 6.35. The van der Waals surface area contributed by atoms with E-state index in [1.807, 2.05) is 41.5 Å². The number of anilines is 1. The van der Waals surface area contributed by atoms with Crippen molar-refractivity contribution in [1.29, 1.82) is 0 Å². The Kier molecular flexibility index (Phi) is 6.60. The molecule has 1 rings (SSSR count). The van der Waals surface area contributed by atoms with Gasteiger partial charge in [0.05, 0.1) is 0 Å². The van der Waals surface area contributed by atoms with E-state index in [0.29, 0.717) is 23.1 Å². The van der Waals surface area contributed by atoms with Gasteiger partial charge in [0.15, 0.2) is 0 Å². The molecular formula is C17H26Cl2N2O2. The van der Waals surface area contributed by atoms with Gasteiger partial charge in [-0.2, -0.15) is 0 Å². The molecule has 4 nitrogen and oxygen atoms in total. The maximum absolute atomic E-state index is 12.4. The highest BCUT2D eigenvalue weighted by atomic mass is 35.5. The summed E-state index contributed by atoms with van der Waals surface area (Å²) in [6, 6.07) is 5.27. The average molecular weight is 361 g/mol. The lowest BCUT2D eigenvalue weighted by molar-refractivity contribution is 0.00749. The molecule has 1 amide bonds. The fraction of sp³-hybridized carbons (Fsp3) is 0.588. The molecule has 0 aliphatic carbocycles. The normalized spacial score (nSPS) is 12.0. The Hall–Kier alpha value is -1.13. The Balaban J connectivity index is 2.70. The SMILES string of the molecule is CC(C)(C)OC(=O)N(CCNc1cc(Cl)cc(Cl)c1)C(C)(C)C. The molecule has 1 N–H and O–H groups in total. The van der Waals surface area contributed by atoms with Gasteiger partial charge in [0, 0.05) is 34.4 Å². The van der Waals surface area contributed by atoms with Crippen molar-refractivity contribution in [2.75, 3.05) is 18.4 Å². The van der Waals surface area contributed by atoms with E-state index in [-0.39, 0.29) is 11.6 Å². The average Bonchev–Trinajstić information content (AvgIpc) is 2.29. The quantitative estimate of drug-likeness (QED) is 0.776. The fourth-order valence-corrected chi connectivity index (χ4v) is 2.51. The molecule has 0 aromatic heterocycles. The van der Waals surface area contributed by atoms with E-state index < -0.39 is 5.60 Å². The molecule has 0 aliphatic rings. The summed E-state index contributed by atoms with van der Waals surface area (Å²) in [5, 5.41) is 4.37. The van der Waals surface area contributed by atoms with Gasteiger partial charge in [-0.3, -0.25) is 0 Å². The number of benzene rings is 1. The molecule has 0 fully saturated rings. The number of carbonyl (C=O) groups is 1. The first-order chi connectivity index (χ1) is 10.4. The van der Waals surface area contributed by atoms with Crippen LogP contribution < -0.4 is 5.32 Å². The van der Waals surface area contributed by atoms with Crippen LogP contribution in [0.4, 0.5) is 10.5 Å². The van der Waals surface area contributed by atoms with Gasteiger partial charge >= 0.3 is 6.09 Å². The molecule has 0 atom stereocenters. The van der Waals surface area contributed by atoms with Crippen LogP contribution in [-0.2, 0) is 4.74 Å². The molecule has 0 aliphatic heterocycles. The van der Waals surface area contributed by atoms with Crippen LogP contribution in [0.2, 0.25) is 10.0 Å². The van der Waals surface area contributed by atoms with Gasteiger partial charge in [-0.15, -0.1) is 0 Å². The monoisotopic (exact) mass is 360 g/mol. The maximum Gasteiger partial charge on any atom is 0.410 e. The summed E-state index contributed by atoms with van der Waals surface area (Å²) in [6.45, 7) is 12.6. The number of nitrogens with one attached hydrogen (secondary N) is 1. The second kappa shape index (κ2) is 7.63. The smallest absolute Gasteiger partial charge is 0.410 e. The Morgan fingerprint density at radius 1 is 1.09 bits per heavy atom. The predicted molar refractivity (Wildman–Crippen MR) is 97.6 cm³/mol. The molecule has 0 bridgehead atoms. The number of amides is 1. The van der Waals surface area contributed by atoms with E-state index in [9.17, 15) is 4.79 Å². The van der Waals surface area contributed by atoms with Crippen LogP contribution >= 0.6 is 23.2 Å². The standard InChI is InChI=1S/C17H26Cl2N2O2/c1-16(2,3)21(15(22)23-17(4,5)6)8-7-20-14-10-12(18)9-13(19)11-14/h9-11,20H,7-8H2,1-6H3. The van der Waals surface area contributed by atoms with Crippen LogP contribution in [0.3, 0.4) is 0 Å². The molecule has 1 aromatic carbocycles. The molecular weight excluding hydrogens is 335 g/mol. The van der Waals surface area contributed by atoms with Gasteiger partial charge in [-0.1, -0.05) is 23.2 Å². The largest absolute Gasteiger partial charge is 0.444 e. The van der Waals surface area contributed by atoms with Gasteiger partial charge < -0.3 is 15.0 Å². The maximum atomic E-state index is 12.4. The number of nitrogens with zero attached hydrogens (tertiary/aromatic N) is 1. The summed E-state index contributed by atoms with van der Waals surface area (Å²) in [7, 11) is 0. The third-order valence-corrected chi connectivity index (χ3v) is 3.39. The van der Waals surface area contributed by atoms with Crippen molar-refractivity contribution in [2.45, 2.75) is 52.7 Å². The first-order valence-corrected chi connectivity index (χ1v) is 8.35. The van der Waals surface area contributed by atoms with Crippen LogP contribution in [0.1, 0.15) is 41.5 Å². The minimum atomic E-state index is -0.519. The molecule has 0 saturated heterocycles. The molecule has 0 heterocycles. The Morgan fingerprint density at radius 3 is 2.04 bits per heavy atom. The number of rotatable bonds is 4. The minimum absolute atomic E-state index is 0.323. The molecule has 1 aromatic rings. The molecule has 0 saturated carbocycles. The van der Waals surface area contributed by atoms with E-state index in [0.717, 1.165) is 5.69 Å². The number of hydrogen-bond acceptors (Lipinski definition) is 3. The number of ether oxygens (including phenoxy) is 1. The zero-order valence-corrected chi connectivity index (χ0v) is 16.2. The summed E-state index contributed by atoms with van der Waals surface area (Å²) >= 11 is 12.0. The van der Waals surface area contributed by atoms with Crippen molar-refractivity contribution in [3.05, 3.63) is 28.2 Å². The van der Waals surface area contributed by atoms with Crippen LogP contribution in [0.5, 0.6) is 0 Å². The minimum Gasteiger partial charge on any atom is -0.444 e. The van der Waals surface area contributed by atoms with Crippen molar-refractivity contribution < 1.29 is 9.53 Å². The first-order valence-electron chi connectivity index (χ1n) is 7.59.